The van der Waals surface area contributed by atoms with Crippen LogP contribution in [0.3, 0.4) is 0 Å². The highest BCUT2D eigenvalue weighted by Gasteiger charge is 2.20. The van der Waals surface area contributed by atoms with Gasteiger partial charge in [-0.05, 0) is 40.0 Å². The molecule has 0 bridgehead atoms. The van der Waals surface area contributed by atoms with Crippen molar-refractivity contribution >= 4 is 25.8 Å². The molecule has 0 saturated carbocycles. The molecule has 1 aromatic heterocycles. The Labute approximate surface area is 132 Å². The van der Waals surface area contributed by atoms with Gasteiger partial charge in [-0.2, -0.15) is 5.10 Å². The van der Waals surface area contributed by atoms with Crippen LogP contribution in [0.25, 0.3) is 0 Å². The maximum Gasteiger partial charge on any atom is 0.175 e. The molecule has 1 unspecified atom stereocenters. The van der Waals surface area contributed by atoms with Crippen molar-refractivity contribution in [3.8, 4) is 0 Å². The molecular weight excluding hydrogens is 356 g/mol. The molecule has 0 saturated heterocycles. The van der Waals surface area contributed by atoms with Gasteiger partial charge in [0.15, 0.2) is 9.84 Å². The van der Waals surface area contributed by atoms with Crippen LogP contribution < -0.4 is 0 Å². The molecule has 0 fully saturated rings. The summed E-state index contributed by atoms with van der Waals surface area (Å²) >= 11 is 3.39. The molecule has 1 heterocycles. The number of aliphatic hydroxyl groups is 1. The minimum absolute atomic E-state index is 0.236. The highest BCUT2D eigenvalue weighted by atomic mass is 79.9. The van der Waals surface area contributed by atoms with Crippen molar-refractivity contribution < 1.29 is 13.5 Å². The molecule has 0 radical (unpaired) electrons. The fourth-order valence-electron chi connectivity index (χ4n) is 2.09. The van der Waals surface area contributed by atoms with Gasteiger partial charge in [0.2, 0.25) is 0 Å². The summed E-state index contributed by atoms with van der Waals surface area (Å²) in [6, 6.07) is 6.25. The predicted molar refractivity (Wildman–Crippen MR) is 83.8 cm³/mol. The smallest absolute Gasteiger partial charge is 0.175 e. The molecule has 1 atom stereocenters. The third kappa shape index (κ3) is 3.53. The van der Waals surface area contributed by atoms with Crippen LogP contribution in [0.2, 0.25) is 0 Å². The predicted octanol–water partition coefficient (Wildman–Crippen LogP) is 2.54. The molecule has 0 aliphatic heterocycles. The van der Waals surface area contributed by atoms with E-state index in [2.05, 4.69) is 21.0 Å². The summed E-state index contributed by atoms with van der Waals surface area (Å²) in [6.45, 7) is 2.74. The summed E-state index contributed by atoms with van der Waals surface area (Å²) in [5, 5.41) is 14.7. The number of aryl methyl sites for hydroxylation is 1. The lowest BCUT2D eigenvalue weighted by atomic mass is 10.1. The third-order valence-corrected chi connectivity index (χ3v) is 4.89. The first kappa shape index (κ1) is 16.2. The highest BCUT2D eigenvalue weighted by molar-refractivity contribution is 9.10. The lowest BCUT2D eigenvalue weighted by Crippen LogP contribution is -2.11. The van der Waals surface area contributed by atoms with Gasteiger partial charge in [0.1, 0.15) is 6.10 Å². The first-order valence-electron chi connectivity index (χ1n) is 6.54. The van der Waals surface area contributed by atoms with E-state index in [1.165, 1.54) is 12.1 Å². The summed E-state index contributed by atoms with van der Waals surface area (Å²) in [6.07, 6.45) is 2.85. The van der Waals surface area contributed by atoms with Gasteiger partial charge in [-0.15, -0.1) is 0 Å². The Kier molecular flexibility index (Phi) is 4.85. The van der Waals surface area contributed by atoms with Crippen molar-refractivity contribution in [3.63, 3.8) is 0 Å². The van der Waals surface area contributed by atoms with Gasteiger partial charge in [-0.3, -0.25) is 4.68 Å². The van der Waals surface area contributed by atoms with E-state index in [1.54, 1.807) is 23.0 Å². The van der Waals surface area contributed by atoms with Crippen LogP contribution in [-0.4, -0.2) is 29.6 Å². The van der Waals surface area contributed by atoms with Gasteiger partial charge >= 0.3 is 0 Å². The van der Waals surface area contributed by atoms with Crippen molar-refractivity contribution in [1.82, 2.24) is 9.78 Å². The average molecular weight is 373 g/mol. The number of hydrogen-bond donors (Lipinski definition) is 1. The fourth-order valence-corrected chi connectivity index (χ4v) is 3.23. The highest BCUT2D eigenvalue weighted by Crippen LogP contribution is 2.29. The third-order valence-electron chi connectivity index (χ3n) is 3.15. The second-order valence-electron chi connectivity index (χ2n) is 4.84. The number of aromatic nitrogens is 2. The number of sulfone groups is 1. The van der Waals surface area contributed by atoms with E-state index in [1.807, 2.05) is 6.92 Å². The maximum atomic E-state index is 11.5. The minimum Gasteiger partial charge on any atom is -0.382 e. The molecule has 0 aliphatic carbocycles. The van der Waals surface area contributed by atoms with Gasteiger partial charge in [0.25, 0.3) is 0 Å². The Morgan fingerprint density at radius 3 is 2.48 bits per heavy atom. The first-order chi connectivity index (χ1) is 9.84. The topological polar surface area (TPSA) is 72.2 Å². The van der Waals surface area contributed by atoms with Crippen LogP contribution in [0, 0.1) is 0 Å². The zero-order valence-corrected chi connectivity index (χ0v) is 14.2. The quantitative estimate of drug-likeness (QED) is 0.874. The molecule has 2 rings (SSSR count). The number of nitrogens with zero attached hydrogens (tertiary/aromatic N) is 2. The molecule has 2 aromatic rings. The second-order valence-corrected chi connectivity index (χ2v) is 7.71. The molecule has 0 spiro atoms. The van der Waals surface area contributed by atoms with E-state index in [0.717, 1.165) is 17.1 Å². The normalized spacial score (nSPS) is 13.3. The van der Waals surface area contributed by atoms with Crippen LogP contribution in [0.4, 0.5) is 0 Å². The molecule has 0 aliphatic rings. The largest absolute Gasteiger partial charge is 0.382 e. The van der Waals surface area contributed by atoms with Gasteiger partial charge in [-0.1, -0.05) is 19.1 Å². The van der Waals surface area contributed by atoms with Crippen molar-refractivity contribution in [2.45, 2.75) is 30.9 Å². The molecule has 21 heavy (non-hydrogen) atoms. The van der Waals surface area contributed by atoms with Crippen LogP contribution in [0.1, 0.15) is 30.7 Å². The molecule has 1 aromatic carbocycles. The SMILES string of the molecule is CCCn1ncc(Br)c1C(O)c1ccc(S(C)(=O)=O)cc1. The van der Waals surface area contributed by atoms with E-state index < -0.39 is 15.9 Å². The fraction of sp³-hybridized carbons (Fsp3) is 0.357. The Bertz CT molecular complexity index is 723. The number of rotatable bonds is 5. The lowest BCUT2D eigenvalue weighted by Gasteiger charge is -2.14. The molecule has 5 nitrogen and oxygen atoms in total. The monoisotopic (exact) mass is 372 g/mol. The Balaban J connectivity index is 2.36. The number of aliphatic hydroxyl groups excluding tert-OH is 1. The van der Waals surface area contributed by atoms with Crippen molar-refractivity contribution in [3.05, 3.63) is 46.2 Å². The zero-order valence-electron chi connectivity index (χ0n) is 11.8. The summed E-state index contributed by atoms with van der Waals surface area (Å²) in [5.74, 6) is 0. The van der Waals surface area contributed by atoms with Crippen molar-refractivity contribution in [2.24, 2.45) is 0 Å². The number of hydrogen-bond acceptors (Lipinski definition) is 4. The number of benzene rings is 1. The summed E-state index contributed by atoms with van der Waals surface area (Å²) in [7, 11) is -3.23. The van der Waals surface area contributed by atoms with Gasteiger partial charge in [0, 0.05) is 12.8 Å². The maximum absolute atomic E-state index is 11.5. The Hall–Kier alpha value is -1.18. The molecule has 114 valence electrons. The standard InChI is InChI=1S/C14H17BrN2O3S/c1-3-8-17-13(12(15)9-16-17)14(18)10-4-6-11(7-5-10)21(2,19)20/h4-7,9,14,18H,3,8H2,1-2H3. The summed E-state index contributed by atoms with van der Waals surface area (Å²) in [4.78, 5) is 0.236. The van der Waals surface area contributed by atoms with Crippen LogP contribution in [0.15, 0.2) is 39.8 Å². The zero-order chi connectivity index (χ0) is 15.6. The van der Waals surface area contributed by atoms with Crippen molar-refractivity contribution in [1.29, 1.82) is 0 Å². The van der Waals surface area contributed by atoms with Crippen molar-refractivity contribution in [2.75, 3.05) is 6.26 Å². The van der Waals surface area contributed by atoms with E-state index in [4.69, 9.17) is 0 Å². The number of halogens is 1. The van der Waals surface area contributed by atoms with Crippen LogP contribution in [0.5, 0.6) is 0 Å². The lowest BCUT2D eigenvalue weighted by molar-refractivity contribution is 0.206. The van der Waals surface area contributed by atoms with Gasteiger partial charge in [0.05, 0.1) is 21.3 Å². The average Bonchev–Trinajstić information content (AvgIpc) is 2.79. The van der Waals surface area contributed by atoms with Gasteiger partial charge in [-0.25, -0.2) is 8.42 Å². The molecule has 0 amide bonds. The molecule has 1 N–H and O–H groups in total. The second kappa shape index (κ2) is 6.29. The molecule has 7 heteroatoms. The first-order valence-corrected chi connectivity index (χ1v) is 9.22. The van der Waals surface area contributed by atoms with E-state index in [-0.39, 0.29) is 4.90 Å². The Morgan fingerprint density at radius 1 is 1.33 bits per heavy atom. The van der Waals surface area contributed by atoms with E-state index in [0.29, 0.717) is 17.8 Å². The van der Waals surface area contributed by atoms with E-state index >= 15 is 0 Å². The van der Waals surface area contributed by atoms with E-state index in [9.17, 15) is 13.5 Å². The minimum atomic E-state index is -3.23. The van der Waals surface area contributed by atoms with Gasteiger partial charge < -0.3 is 5.11 Å². The van der Waals surface area contributed by atoms with Crippen LogP contribution >= 0.6 is 15.9 Å². The summed E-state index contributed by atoms with van der Waals surface area (Å²) in [5.41, 5.74) is 1.30. The Morgan fingerprint density at radius 2 is 1.95 bits per heavy atom. The van der Waals surface area contributed by atoms with Crippen LogP contribution in [-0.2, 0) is 16.4 Å². The molecular formula is C14H17BrN2O3S. The summed E-state index contributed by atoms with van der Waals surface area (Å²) < 4.78 is 25.4.